The molecule has 1 heterocycles. The van der Waals surface area contributed by atoms with Crippen molar-refractivity contribution in [2.75, 3.05) is 5.32 Å². The van der Waals surface area contributed by atoms with Gasteiger partial charge in [0.25, 0.3) is 5.91 Å². The molecule has 3 aromatic rings. The number of anilines is 1. The molecule has 0 aliphatic carbocycles. The van der Waals surface area contributed by atoms with Crippen molar-refractivity contribution in [1.29, 1.82) is 0 Å². The van der Waals surface area contributed by atoms with Gasteiger partial charge in [-0.15, -0.1) is 0 Å². The molecule has 0 aliphatic heterocycles. The number of halogens is 4. The summed E-state index contributed by atoms with van der Waals surface area (Å²) < 4.78 is 41.7. The normalized spacial score (nSPS) is 11.4. The van der Waals surface area contributed by atoms with Crippen LogP contribution in [0.25, 0.3) is 11.4 Å². The van der Waals surface area contributed by atoms with Crippen LogP contribution in [0.15, 0.2) is 47.0 Å². The molecule has 1 N–H and O–H groups in total. The molecule has 9 heteroatoms. The number of carbonyl (C=O) groups excluding carboxylic acids is 1. The van der Waals surface area contributed by atoms with Gasteiger partial charge in [0.05, 0.1) is 0 Å². The molecule has 1 amide bonds. The van der Waals surface area contributed by atoms with Gasteiger partial charge in [-0.3, -0.25) is 4.79 Å². The molecule has 26 heavy (non-hydrogen) atoms. The third kappa shape index (κ3) is 3.85. The van der Waals surface area contributed by atoms with Crippen LogP contribution in [0, 0.1) is 6.92 Å². The summed E-state index contributed by atoms with van der Waals surface area (Å²) in [4.78, 5) is 15.6. The van der Waals surface area contributed by atoms with Crippen molar-refractivity contribution in [1.82, 2.24) is 10.1 Å². The highest BCUT2D eigenvalue weighted by Gasteiger charge is 2.38. The van der Waals surface area contributed by atoms with E-state index in [1.54, 1.807) is 25.1 Å². The van der Waals surface area contributed by atoms with Gasteiger partial charge in [-0.05, 0) is 42.8 Å². The van der Waals surface area contributed by atoms with Gasteiger partial charge in [0.2, 0.25) is 5.82 Å². The van der Waals surface area contributed by atoms with Gasteiger partial charge in [-0.25, -0.2) is 0 Å². The number of hydrogen-bond donors (Lipinski definition) is 1. The van der Waals surface area contributed by atoms with Crippen molar-refractivity contribution < 1.29 is 22.5 Å². The Morgan fingerprint density at radius 3 is 2.42 bits per heavy atom. The Labute approximate surface area is 150 Å². The van der Waals surface area contributed by atoms with E-state index in [-0.39, 0.29) is 11.7 Å². The van der Waals surface area contributed by atoms with Crippen molar-refractivity contribution in [3.63, 3.8) is 0 Å². The summed E-state index contributed by atoms with van der Waals surface area (Å²) in [7, 11) is 0. The number of aryl methyl sites for hydroxylation is 1. The number of hydrogen-bond acceptors (Lipinski definition) is 4. The van der Waals surface area contributed by atoms with Crippen molar-refractivity contribution >= 4 is 23.2 Å². The number of amides is 1. The molecular weight excluding hydrogens is 371 g/mol. The Morgan fingerprint density at radius 2 is 1.85 bits per heavy atom. The highest BCUT2D eigenvalue weighted by Crippen LogP contribution is 2.29. The summed E-state index contributed by atoms with van der Waals surface area (Å²) >= 11 is 5.87. The predicted octanol–water partition coefficient (Wildman–Crippen LogP) is 4.97. The van der Waals surface area contributed by atoms with E-state index in [4.69, 9.17) is 11.6 Å². The van der Waals surface area contributed by atoms with Gasteiger partial charge in [-0.1, -0.05) is 28.9 Å². The zero-order valence-electron chi connectivity index (χ0n) is 13.3. The lowest BCUT2D eigenvalue weighted by atomic mass is 10.1. The molecule has 0 unspecified atom stereocenters. The van der Waals surface area contributed by atoms with Crippen molar-refractivity contribution in [2.45, 2.75) is 13.1 Å². The van der Waals surface area contributed by atoms with Gasteiger partial charge < -0.3 is 9.84 Å². The van der Waals surface area contributed by atoms with Crippen LogP contribution in [0.1, 0.15) is 21.8 Å². The van der Waals surface area contributed by atoms with Crippen LogP contribution in [0.5, 0.6) is 0 Å². The monoisotopic (exact) mass is 381 g/mol. The molecule has 0 aliphatic rings. The quantitative estimate of drug-likeness (QED) is 0.695. The third-order valence-electron chi connectivity index (χ3n) is 3.51. The first-order chi connectivity index (χ1) is 12.2. The second kappa shape index (κ2) is 6.80. The Balaban J connectivity index is 1.76. The van der Waals surface area contributed by atoms with Gasteiger partial charge in [0.15, 0.2) is 0 Å². The maximum absolute atomic E-state index is 12.5. The second-order valence-corrected chi connectivity index (χ2v) is 5.85. The molecule has 5 nitrogen and oxygen atoms in total. The van der Waals surface area contributed by atoms with E-state index in [1.807, 2.05) is 0 Å². The summed E-state index contributed by atoms with van der Waals surface area (Å²) in [5, 5.41) is 6.60. The van der Waals surface area contributed by atoms with Crippen molar-refractivity contribution in [3.8, 4) is 11.4 Å². The zero-order valence-corrected chi connectivity index (χ0v) is 14.0. The van der Waals surface area contributed by atoms with Crippen LogP contribution in [0.3, 0.4) is 0 Å². The van der Waals surface area contributed by atoms with E-state index in [0.29, 0.717) is 21.8 Å². The maximum Gasteiger partial charge on any atom is 0.471 e. The molecule has 0 fully saturated rings. The average molecular weight is 382 g/mol. The van der Waals surface area contributed by atoms with Crippen LogP contribution in [-0.2, 0) is 6.18 Å². The number of benzene rings is 2. The van der Waals surface area contributed by atoms with Crippen LogP contribution in [0.2, 0.25) is 5.02 Å². The minimum absolute atomic E-state index is 0.210. The lowest BCUT2D eigenvalue weighted by Crippen LogP contribution is -2.12. The molecule has 0 saturated heterocycles. The van der Waals surface area contributed by atoms with Crippen molar-refractivity contribution in [2.24, 2.45) is 0 Å². The number of nitrogens with zero attached hydrogens (tertiary/aromatic N) is 2. The molecule has 134 valence electrons. The Hall–Kier alpha value is -2.87. The lowest BCUT2D eigenvalue weighted by Gasteiger charge is -2.09. The van der Waals surface area contributed by atoms with Gasteiger partial charge >= 0.3 is 12.1 Å². The van der Waals surface area contributed by atoms with E-state index in [2.05, 4.69) is 20.0 Å². The number of alkyl halides is 3. The summed E-state index contributed by atoms with van der Waals surface area (Å²) in [5.41, 5.74) is 2.02. The highest BCUT2D eigenvalue weighted by molar-refractivity contribution is 6.30. The lowest BCUT2D eigenvalue weighted by molar-refractivity contribution is -0.159. The number of nitrogens with one attached hydrogen (secondary N) is 1. The van der Waals surface area contributed by atoms with E-state index in [1.165, 1.54) is 24.3 Å². The van der Waals surface area contributed by atoms with Gasteiger partial charge in [0, 0.05) is 21.8 Å². The van der Waals surface area contributed by atoms with Crippen LogP contribution in [0.4, 0.5) is 18.9 Å². The van der Waals surface area contributed by atoms with Gasteiger partial charge in [0.1, 0.15) is 0 Å². The molecule has 2 aromatic carbocycles. The zero-order chi connectivity index (χ0) is 18.9. The summed E-state index contributed by atoms with van der Waals surface area (Å²) in [5.74, 6) is -2.00. The highest BCUT2D eigenvalue weighted by atomic mass is 35.5. The number of rotatable bonds is 3. The Morgan fingerprint density at radius 1 is 1.15 bits per heavy atom. The van der Waals surface area contributed by atoms with Crippen LogP contribution < -0.4 is 5.32 Å². The summed E-state index contributed by atoms with van der Waals surface area (Å²) in [6, 6.07) is 10.8. The maximum atomic E-state index is 12.5. The van der Waals surface area contributed by atoms with Crippen LogP contribution in [-0.4, -0.2) is 16.0 Å². The topological polar surface area (TPSA) is 68.0 Å². The minimum Gasteiger partial charge on any atom is -0.329 e. The van der Waals surface area contributed by atoms with Gasteiger partial charge in [-0.2, -0.15) is 18.2 Å². The first-order valence-corrected chi connectivity index (χ1v) is 7.70. The molecule has 0 radical (unpaired) electrons. The largest absolute Gasteiger partial charge is 0.471 e. The Bertz CT molecular complexity index is 953. The van der Waals surface area contributed by atoms with E-state index < -0.39 is 12.1 Å². The molecule has 0 spiro atoms. The summed E-state index contributed by atoms with van der Waals surface area (Å²) in [6.45, 7) is 1.80. The summed E-state index contributed by atoms with van der Waals surface area (Å²) in [6.07, 6.45) is -4.71. The molecule has 0 saturated carbocycles. The second-order valence-electron chi connectivity index (χ2n) is 5.41. The predicted molar refractivity (Wildman–Crippen MR) is 88.9 cm³/mol. The molecule has 1 aromatic heterocycles. The molecule has 0 atom stereocenters. The van der Waals surface area contributed by atoms with E-state index in [9.17, 15) is 18.0 Å². The average Bonchev–Trinajstić information content (AvgIpc) is 3.08. The van der Waals surface area contributed by atoms with E-state index in [0.717, 1.165) is 5.56 Å². The molecule has 0 bridgehead atoms. The van der Waals surface area contributed by atoms with Crippen molar-refractivity contribution in [3.05, 3.63) is 64.5 Å². The van der Waals surface area contributed by atoms with E-state index >= 15 is 0 Å². The first-order valence-electron chi connectivity index (χ1n) is 7.33. The third-order valence-corrected chi connectivity index (χ3v) is 3.75. The number of aromatic nitrogens is 2. The molecule has 3 rings (SSSR count). The fourth-order valence-electron chi connectivity index (χ4n) is 2.19. The van der Waals surface area contributed by atoms with Crippen LogP contribution >= 0.6 is 11.6 Å². The smallest absolute Gasteiger partial charge is 0.329 e. The fourth-order valence-corrected chi connectivity index (χ4v) is 2.42. The minimum atomic E-state index is -4.71. The Kier molecular flexibility index (Phi) is 4.69. The molecular formula is C17H11ClF3N3O2. The SMILES string of the molecule is Cc1cc(Cl)ccc1NC(=O)c1ccc(-c2noc(C(F)(F)F)n2)cc1. The number of carbonyl (C=O) groups is 1. The first kappa shape index (κ1) is 17.9. The standard InChI is InChI=1S/C17H11ClF3N3O2/c1-9-8-12(18)6-7-13(9)22-15(25)11-4-2-10(3-5-11)14-23-16(26-24-14)17(19,20)21/h2-8H,1H3,(H,22,25). The fraction of sp³-hybridized carbons (Fsp3) is 0.118.